The molecule has 4 heteroatoms. The minimum atomic E-state index is 0.437. The first-order valence-corrected chi connectivity index (χ1v) is 7.94. The summed E-state index contributed by atoms with van der Waals surface area (Å²) in [6.07, 6.45) is 7.03. The molecule has 0 saturated carbocycles. The lowest BCUT2D eigenvalue weighted by Gasteiger charge is -2.34. The van der Waals surface area contributed by atoms with Gasteiger partial charge in [0.25, 0.3) is 0 Å². The molecule has 0 amide bonds. The summed E-state index contributed by atoms with van der Waals surface area (Å²) in [6, 6.07) is 2.54. The van der Waals surface area contributed by atoms with Crippen LogP contribution in [0, 0.1) is 12.8 Å². The Morgan fingerprint density at radius 2 is 2.25 bits per heavy atom. The summed E-state index contributed by atoms with van der Waals surface area (Å²) >= 11 is 0. The molecule has 1 aromatic heterocycles. The van der Waals surface area contributed by atoms with E-state index in [9.17, 15) is 0 Å². The summed E-state index contributed by atoms with van der Waals surface area (Å²) in [7, 11) is 2.05. The van der Waals surface area contributed by atoms with Crippen LogP contribution in [-0.4, -0.2) is 41.5 Å². The normalized spacial score (nSPS) is 24.6. The number of hydrogen-bond acceptors (Lipinski definition) is 4. The van der Waals surface area contributed by atoms with Crippen molar-refractivity contribution in [3.8, 4) is 0 Å². The maximum Gasteiger partial charge on any atom is 0.125 e. The third-order valence-corrected chi connectivity index (χ3v) is 4.19. The molecule has 1 aromatic rings. The zero-order valence-corrected chi connectivity index (χ0v) is 13.1. The quantitative estimate of drug-likeness (QED) is 0.897. The summed E-state index contributed by atoms with van der Waals surface area (Å²) in [6.45, 7) is 7.67. The molecule has 1 N–H and O–H groups in total. The highest BCUT2D eigenvalue weighted by molar-refractivity contribution is 5.10. The maximum atomic E-state index is 4.72. The Balaban J connectivity index is 2.30. The van der Waals surface area contributed by atoms with Gasteiger partial charge < -0.3 is 5.32 Å². The molecule has 2 unspecified atom stereocenters. The molecular formula is C16H28N4. The predicted molar refractivity (Wildman–Crippen MR) is 82.6 cm³/mol. The van der Waals surface area contributed by atoms with Crippen LogP contribution in [0.1, 0.15) is 50.2 Å². The minimum absolute atomic E-state index is 0.437. The molecule has 1 aliphatic rings. The molecule has 20 heavy (non-hydrogen) atoms. The predicted octanol–water partition coefficient (Wildman–Crippen LogP) is 2.56. The van der Waals surface area contributed by atoms with Crippen molar-refractivity contribution in [1.29, 1.82) is 0 Å². The van der Waals surface area contributed by atoms with Gasteiger partial charge in [-0.05, 0) is 64.9 Å². The van der Waals surface area contributed by atoms with E-state index in [-0.39, 0.29) is 0 Å². The Morgan fingerprint density at radius 1 is 1.40 bits per heavy atom. The molecule has 112 valence electrons. The van der Waals surface area contributed by atoms with Crippen LogP contribution in [0.5, 0.6) is 0 Å². The van der Waals surface area contributed by atoms with Crippen molar-refractivity contribution >= 4 is 0 Å². The van der Waals surface area contributed by atoms with Gasteiger partial charge in [0.2, 0.25) is 0 Å². The molecule has 2 heterocycles. The van der Waals surface area contributed by atoms with E-state index in [0.29, 0.717) is 12.0 Å². The second-order valence-electron chi connectivity index (χ2n) is 5.82. The van der Waals surface area contributed by atoms with E-state index in [4.69, 9.17) is 4.98 Å². The number of likely N-dealkylation sites (tertiary alicyclic amines) is 1. The van der Waals surface area contributed by atoms with Gasteiger partial charge in [-0.25, -0.2) is 9.97 Å². The lowest BCUT2D eigenvalue weighted by molar-refractivity contribution is 0.150. The van der Waals surface area contributed by atoms with Crippen molar-refractivity contribution in [1.82, 2.24) is 20.2 Å². The van der Waals surface area contributed by atoms with Crippen molar-refractivity contribution in [2.24, 2.45) is 5.92 Å². The van der Waals surface area contributed by atoms with Crippen LogP contribution in [0.25, 0.3) is 0 Å². The Morgan fingerprint density at radius 3 is 2.95 bits per heavy atom. The minimum Gasteiger partial charge on any atom is -0.319 e. The highest BCUT2D eigenvalue weighted by atomic mass is 15.2. The molecule has 0 radical (unpaired) electrons. The van der Waals surface area contributed by atoms with Crippen LogP contribution in [0.15, 0.2) is 12.3 Å². The lowest BCUT2D eigenvalue weighted by Crippen LogP contribution is -2.37. The van der Waals surface area contributed by atoms with Gasteiger partial charge in [0, 0.05) is 6.20 Å². The standard InChI is InChI=1S/C16H28N4/c1-4-10-20-11-6-5-7-14(12-17-3)16(20)15-8-9-18-13(2)19-15/h8-9,14,16-17H,4-7,10-12H2,1-3H3. The van der Waals surface area contributed by atoms with Gasteiger partial charge in [-0.3, -0.25) is 4.90 Å². The van der Waals surface area contributed by atoms with E-state index in [2.05, 4.69) is 35.2 Å². The van der Waals surface area contributed by atoms with Crippen molar-refractivity contribution in [3.05, 3.63) is 23.8 Å². The van der Waals surface area contributed by atoms with E-state index in [1.165, 1.54) is 37.9 Å². The molecule has 0 aliphatic carbocycles. The first-order chi connectivity index (χ1) is 9.76. The van der Waals surface area contributed by atoms with E-state index in [1.807, 2.05) is 13.1 Å². The third kappa shape index (κ3) is 3.76. The summed E-state index contributed by atoms with van der Waals surface area (Å²) in [5.41, 5.74) is 1.20. The number of nitrogens with zero attached hydrogens (tertiary/aromatic N) is 3. The highest BCUT2D eigenvalue weighted by Crippen LogP contribution is 2.34. The van der Waals surface area contributed by atoms with Crippen molar-refractivity contribution in [3.63, 3.8) is 0 Å². The van der Waals surface area contributed by atoms with Crippen molar-refractivity contribution in [2.75, 3.05) is 26.7 Å². The Kier molecular flexibility index (Phi) is 5.92. The highest BCUT2D eigenvalue weighted by Gasteiger charge is 2.31. The monoisotopic (exact) mass is 276 g/mol. The van der Waals surface area contributed by atoms with Gasteiger partial charge in [0.1, 0.15) is 5.82 Å². The Hall–Kier alpha value is -1.00. The Labute approximate surface area is 123 Å². The van der Waals surface area contributed by atoms with Crippen LogP contribution < -0.4 is 5.32 Å². The summed E-state index contributed by atoms with van der Waals surface area (Å²) in [4.78, 5) is 11.6. The van der Waals surface area contributed by atoms with Gasteiger partial charge in [0.05, 0.1) is 11.7 Å². The largest absolute Gasteiger partial charge is 0.319 e. The first kappa shape index (κ1) is 15.4. The lowest BCUT2D eigenvalue weighted by atomic mass is 9.91. The number of rotatable bonds is 5. The number of aryl methyl sites for hydroxylation is 1. The molecule has 1 aliphatic heterocycles. The molecule has 0 aromatic carbocycles. The summed E-state index contributed by atoms with van der Waals surface area (Å²) < 4.78 is 0. The smallest absolute Gasteiger partial charge is 0.125 e. The van der Waals surface area contributed by atoms with Gasteiger partial charge in [-0.1, -0.05) is 13.3 Å². The molecule has 0 bridgehead atoms. The van der Waals surface area contributed by atoms with E-state index < -0.39 is 0 Å². The molecular weight excluding hydrogens is 248 g/mol. The van der Waals surface area contributed by atoms with E-state index >= 15 is 0 Å². The SMILES string of the molecule is CCCN1CCCCC(CNC)C1c1ccnc(C)n1. The molecule has 1 fully saturated rings. The first-order valence-electron chi connectivity index (χ1n) is 7.94. The van der Waals surface area contributed by atoms with E-state index in [1.54, 1.807) is 0 Å². The molecule has 4 nitrogen and oxygen atoms in total. The average Bonchev–Trinajstić information content (AvgIpc) is 2.62. The second-order valence-corrected chi connectivity index (χ2v) is 5.82. The fourth-order valence-corrected chi connectivity index (χ4v) is 3.40. The summed E-state index contributed by atoms with van der Waals surface area (Å²) in [5, 5.41) is 3.37. The topological polar surface area (TPSA) is 41.0 Å². The fourth-order valence-electron chi connectivity index (χ4n) is 3.40. The van der Waals surface area contributed by atoms with Crippen LogP contribution in [-0.2, 0) is 0 Å². The zero-order valence-electron chi connectivity index (χ0n) is 13.1. The maximum absolute atomic E-state index is 4.72. The average molecular weight is 276 g/mol. The fraction of sp³-hybridized carbons (Fsp3) is 0.750. The number of hydrogen-bond donors (Lipinski definition) is 1. The zero-order chi connectivity index (χ0) is 14.4. The van der Waals surface area contributed by atoms with E-state index in [0.717, 1.165) is 18.9 Å². The van der Waals surface area contributed by atoms with Crippen LogP contribution in [0.4, 0.5) is 0 Å². The van der Waals surface area contributed by atoms with Crippen LogP contribution in [0.2, 0.25) is 0 Å². The molecule has 0 spiro atoms. The number of aromatic nitrogens is 2. The van der Waals surface area contributed by atoms with Crippen molar-refractivity contribution in [2.45, 2.75) is 45.6 Å². The Bertz CT molecular complexity index is 391. The molecule has 2 rings (SSSR count). The third-order valence-electron chi connectivity index (χ3n) is 4.19. The summed E-state index contributed by atoms with van der Waals surface area (Å²) in [5.74, 6) is 1.52. The van der Waals surface area contributed by atoms with Gasteiger partial charge >= 0.3 is 0 Å². The van der Waals surface area contributed by atoms with Crippen LogP contribution >= 0.6 is 0 Å². The molecule has 2 atom stereocenters. The second kappa shape index (κ2) is 7.70. The van der Waals surface area contributed by atoms with Crippen molar-refractivity contribution < 1.29 is 0 Å². The number of nitrogens with one attached hydrogen (secondary N) is 1. The van der Waals surface area contributed by atoms with Gasteiger partial charge in [-0.2, -0.15) is 0 Å². The van der Waals surface area contributed by atoms with Gasteiger partial charge in [-0.15, -0.1) is 0 Å². The molecule has 1 saturated heterocycles. The van der Waals surface area contributed by atoms with Gasteiger partial charge in [0.15, 0.2) is 0 Å². The van der Waals surface area contributed by atoms with Crippen LogP contribution in [0.3, 0.4) is 0 Å².